The summed E-state index contributed by atoms with van der Waals surface area (Å²) in [4.78, 5) is 24.0. The minimum absolute atomic E-state index is 0.0182. The summed E-state index contributed by atoms with van der Waals surface area (Å²) in [6.07, 6.45) is 24.2. The maximum atomic E-state index is 12.5. The van der Waals surface area contributed by atoms with Gasteiger partial charge in [0.15, 0.2) is 0 Å². The fourth-order valence-corrected chi connectivity index (χ4v) is 6.53. The third-order valence-electron chi connectivity index (χ3n) is 8.33. The van der Waals surface area contributed by atoms with E-state index in [4.69, 9.17) is 13.8 Å². The van der Waals surface area contributed by atoms with E-state index in [2.05, 4.69) is 6.92 Å². The molecule has 0 aliphatic heterocycles. The highest BCUT2D eigenvalue weighted by atomic mass is 31.2. The van der Waals surface area contributed by atoms with E-state index in [1.54, 1.807) is 0 Å². The molecule has 0 heterocycles. The summed E-state index contributed by atoms with van der Waals surface area (Å²) in [6, 6.07) is 7.92. The molecule has 2 N–H and O–H groups in total. The van der Waals surface area contributed by atoms with Crippen LogP contribution in [0.3, 0.4) is 0 Å². The topological polar surface area (TPSA) is 86.5 Å². The number of ketones is 1. The monoisotopic (exact) mass is 654 g/mol. The van der Waals surface area contributed by atoms with Gasteiger partial charge in [-0.15, -0.1) is 0 Å². The van der Waals surface area contributed by atoms with Crippen LogP contribution in [0.15, 0.2) is 24.3 Å². The minimum Gasteiger partial charge on any atom is -0.493 e. The zero-order chi connectivity index (χ0) is 33.0. The lowest BCUT2D eigenvalue weighted by molar-refractivity contribution is -0.858. The average Bonchev–Trinajstić information content (AvgIpc) is 3.00. The van der Waals surface area contributed by atoms with Crippen LogP contribution in [0, 0.1) is 5.92 Å². The highest BCUT2D eigenvalue weighted by Gasteiger charge is 2.25. The molecule has 1 aromatic carbocycles. The lowest BCUT2D eigenvalue weighted by atomic mass is 9.93. The van der Waals surface area contributed by atoms with Gasteiger partial charge in [-0.25, -0.2) is 4.57 Å². The summed E-state index contributed by atoms with van der Waals surface area (Å²) in [5.74, 6) is 0.723. The number of ether oxygens (including phenoxy) is 1. The number of rotatable bonds is 32. The number of hydrogen-bond acceptors (Lipinski definition) is 5. The Hall–Kier alpha value is -1.24. The van der Waals surface area contributed by atoms with Gasteiger partial charge >= 0.3 is 7.82 Å². The van der Waals surface area contributed by atoms with Crippen molar-refractivity contribution < 1.29 is 32.9 Å². The molecule has 0 amide bonds. The van der Waals surface area contributed by atoms with Gasteiger partial charge < -0.3 is 14.5 Å². The summed E-state index contributed by atoms with van der Waals surface area (Å²) in [6.45, 7) is 5.91. The number of phosphoric acid groups is 1. The fourth-order valence-electron chi connectivity index (χ4n) is 5.69. The Balaban J connectivity index is 2.35. The lowest BCUT2D eigenvalue weighted by Gasteiger charge is -2.20. The SMILES string of the molecule is CCCCCCCCCCCCCCCCCCOc1ccccc1CC(COP(=O)(O)OCCC[NH+](C)C)CC(=O)CCC. The molecule has 1 rings (SSSR count). The van der Waals surface area contributed by atoms with Crippen molar-refractivity contribution in [3.63, 3.8) is 0 Å². The minimum atomic E-state index is -4.18. The molecule has 0 aromatic heterocycles. The lowest BCUT2D eigenvalue weighted by Crippen LogP contribution is -3.05. The van der Waals surface area contributed by atoms with Gasteiger partial charge in [0, 0.05) is 19.3 Å². The molecule has 2 unspecified atom stereocenters. The number of para-hydroxylation sites is 1. The number of Topliss-reactive ketones (excluding diaryl/α,β-unsaturated/α-hetero) is 1. The molecule has 0 saturated heterocycles. The molecule has 0 bridgehead atoms. The van der Waals surface area contributed by atoms with Crippen LogP contribution < -0.4 is 9.64 Å². The van der Waals surface area contributed by atoms with Gasteiger partial charge in [-0.05, 0) is 36.8 Å². The van der Waals surface area contributed by atoms with Gasteiger partial charge in [-0.2, -0.15) is 0 Å². The molecule has 0 saturated carbocycles. The van der Waals surface area contributed by atoms with Gasteiger partial charge in [0.2, 0.25) is 0 Å². The van der Waals surface area contributed by atoms with Gasteiger partial charge in [-0.1, -0.05) is 128 Å². The first-order valence-corrected chi connectivity index (χ1v) is 19.9. The van der Waals surface area contributed by atoms with Crippen LogP contribution >= 0.6 is 7.82 Å². The highest BCUT2D eigenvalue weighted by molar-refractivity contribution is 7.47. The molecular formula is C37H69NO6P+. The number of benzene rings is 1. The van der Waals surface area contributed by atoms with Gasteiger partial charge in [0.25, 0.3) is 0 Å². The van der Waals surface area contributed by atoms with Crippen molar-refractivity contribution in [1.82, 2.24) is 0 Å². The van der Waals surface area contributed by atoms with Gasteiger partial charge in [0.1, 0.15) is 11.5 Å². The average molecular weight is 655 g/mol. The second-order valence-electron chi connectivity index (χ2n) is 13.2. The quantitative estimate of drug-likeness (QED) is 0.0596. The summed E-state index contributed by atoms with van der Waals surface area (Å²) >= 11 is 0. The molecule has 0 aliphatic carbocycles. The van der Waals surface area contributed by atoms with Gasteiger partial charge in [0.05, 0.1) is 40.5 Å². The number of unbranched alkanes of at least 4 members (excludes halogenated alkanes) is 15. The standard InChI is InChI=1S/C37H68NO6P/c1-5-7-8-9-10-11-12-13-14-15-16-17-18-19-20-23-29-42-37-27-22-21-26-35(37)31-34(32-36(39)25-6-2)33-44-45(40,41)43-30-24-28-38(3)4/h21-22,26-27,34H,5-20,23-25,28-33H2,1-4H3,(H,40,41)/p+1. The second-order valence-corrected chi connectivity index (χ2v) is 14.7. The van der Waals surface area contributed by atoms with Crippen LogP contribution in [0.4, 0.5) is 0 Å². The van der Waals surface area contributed by atoms with Crippen LogP contribution in [-0.4, -0.2) is 51.1 Å². The highest BCUT2D eigenvalue weighted by Crippen LogP contribution is 2.44. The predicted molar refractivity (Wildman–Crippen MR) is 187 cm³/mol. The molecule has 0 aliphatic rings. The van der Waals surface area contributed by atoms with E-state index >= 15 is 0 Å². The number of quaternary nitrogens is 1. The second kappa shape index (κ2) is 27.8. The summed E-state index contributed by atoms with van der Waals surface area (Å²) in [5, 5.41) is 0. The van der Waals surface area contributed by atoms with Crippen LogP contribution in [-0.2, 0) is 24.8 Å². The molecule has 0 radical (unpaired) electrons. The van der Waals surface area contributed by atoms with E-state index in [-0.39, 0.29) is 24.9 Å². The third-order valence-corrected chi connectivity index (χ3v) is 9.31. The van der Waals surface area contributed by atoms with Gasteiger partial charge in [-0.3, -0.25) is 13.8 Å². The van der Waals surface area contributed by atoms with Crippen molar-refractivity contribution in [2.24, 2.45) is 5.92 Å². The predicted octanol–water partition coefficient (Wildman–Crippen LogP) is 8.91. The van der Waals surface area contributed by atoms with Crippen molar-refractivity contribution in [3.8, 4) is 5.75 Å². The third kappa shape index (κ3) is 24.6. The normalized spacial score (nSPS) is 13.6. The van der Waals surface area contributed by atoms with E-state index in [1.807, 2.05) is 45.3 Å². The smallest absolute Gasteiger partial charge is 0.472 e. The molecule has 8 heteroatoms. The Morgan fingerprint density at radius 1 is 0.756 bits per heavy atom. The zero-order valence-electron chi connectivity index (χ0n) is 29.5. The molecule has 7 nitrogen and oxygen atoms in total. The zero-order valence-corrected chi connectivity index (χ0v) is 30.4. The Kier molecular flexibility index (Phi) is 25.8. The molecule has 45 heavy (non-hydrogen) atoms. The first kappa shape index (κ1) is 41.8. The van der Waals surface area contributed by atoms with Crippen LogP contribution in [0.25, 0.3) is 0 Å². The largest absolute Gasteiger partial charge is 0.493 e. The molecule has 2 atom stereocenters. The van der Waals surface area contributed by atoms with Crippen molar-refractivity contribution in [1.29, 1.82) is 0 Å². The molecule has 262 valence electrons. The number of phosphoric ester groups is 1. The maximum Gasteiger partial charge on any atom is 0.472 e. The number of hydrogen-bond donors (Lipinski definition) is 2. The van der Waals surface area contributed by atoms with E-state index in [9.17, 15) is 14.3 Å². The first-order valence-electron chi connectivity index (χ1n) is 18.4. The van der Waals surface area contributed by atoms with Crippen LogP contribution in [0.2, 0.25) is 0 Å². The Labute approximate surface area is 276 Å². The van der Waals surface area contributed by atoms with E-state index < -0.39 is 7.82 Å². The first-order chi connectivity index (χ1) is 21.8. The number of carbonyl (C=O) groups excluding carboxylic acids is 1. The van der Waals surface area contributed by atoms with Crippen LogP contribution in [0.5, 0.6) is 5.75 Å². The Morgan fingerprint density at radius 2 is 1.31 bits per heavy atom. The van der Waals surface area contributed by atoms with Crippen molar-refractivity contribution in [3.05, 3.63) is 29.8 Å². The van der Waals surface area contributed by atoms with Crippen molar-refractivity contribution >= 4 is 13.6 Å². The fraction of sp³-hybridized carbons (Fsp3) is 0.811. The molecule has 1 aromatic rings. The molecule has 0 spiro atoms. The summed E-state index contributed by atoms with van der Waals surface area (Å²) in [5.41, 5.74) is 0.995. The maximum absolute atomic E-state index is 12.5. The number of carbonyl (C=O) groups is 1. The van der Waals surface area contributed by atoms with E-state index in [0.29, 0.717) is 32.3 Å². The van der Waals surface area contributed by atoms with Crippen molar-refractivity contribution in [2.75, 3.05) is 40.5 Å². The van der Waals surface area contributed by atoms with Crippen molar-refractivity contribution in [2.45, 2.75) is 149 Å². The Bertz CT molecular complexity index is 895. The molecule has 0 fully saturated rings. The summed E-state index contributed by atoms with van der Waals surface area (Å²) < 4.78 is 29.2. The van der Waals surface area contributed by atoms with Crippen LogP contribution in [0.1, 0.15) is 148 Å². The number of nitrogens with one attached hydrogen (secondary N) is 1. The van der Waals surface area contributed by atoms with E-state index in [1.165, 1.54) is 101 Å². The molecular weight excluding hydrogens is 585 g/mol. The Morgan fingerprint density at radius 3 is 1.87 bits per heavy atom. The summed E-state index contributed by atoms with van der Waals surface area (Å²) in [7, 11) is -0.135. The van der Waals surface area contributed by atoms with E-state index in [0.717, 1.165) is 30.7 Å².